The van der Waals surface area contributed by atoms with Gasteiger partial charge in [0.1, 0.15) is 5.75 Å². The van der Waals surface area contributed by atoms with Crippen LogP contribution < -0.4 is 20.1 Å². The van der Waals surface area contributed by atoms with Gasteiger partial charge in [0.25, 0.3) is 10.0 Å². The van der Waals surface area contributed by atoms with Crippen LogP contribution >= 0.6 is 11.3 Å². The summed E-state index contributed by atoms with van der Waals surface area (Å²) in [5.74, 6) is 0.555. The van der Waals surface area contributed by atoms with Gasteiger partial charge in [-0.05, 0) is 61.9 Å². The summed E-state index contributed by atoms with van der Waals surface area (Å²) >= 11 is 1.18. The van der Waals surface area contributed by atoms with Crippen LogP contribution in [-0.4, -0.2) is 26.5 Å². The Morgan fingerprint density at radius 1 is 0.939 bits per heavy atom. The first kappa shape index (κ1) is 22.6. The summed E-state index contributed by atoms with van der Waals surface area (Å²) in [6.07, 6.45) is 0. The zero-order valence-corrected chi connectivity index (χ0v) is 19.8. The molecule has 1 aromatic heterocycles. The molecule has 0 radical (unpaired) electrons. The van der Waals surface area contributed by atoms with Gasteiger partial charge in [0.2, 0.25) is 0 Å². The number of aromatic nitrogens is 1. The Labute approximate surface area is 195 Å². The summed E-state index contributed by atoms with van der Waals surface area (Å²) in [7, 11) is -2.21. The van der Waals surface area contributed by atoms with Gasteiger partial charge in [-0.1, -0.05) is 35.1 Å². The number of rotatable bonds is 6. The van der Waals surface area contributed by atoms with Gasteiger partial charge in [0.15, 0.2) is 5.13 Å². The van der Waals surface area contributed by atoms with Crippen LogP contribution in [0.1, 0.15) is 11.1 Å². The van der Waals surface area contributed by atoms with Gasteiger partial charge in [0, 0.05) is 5.69 Å². The van der Waals surface area contributed by atoms with Gasteiger partial charge in [-0.25, -0.2) is 18.2 Å². The molecule has 4 rings (SSSR count). The SMILES string of the molecule is COc1ccc(C)cc1NC(=O)Nc1ccc2nc(NS(=O)(=O)c3ccc(C)cc3)sc2c1. The number of anilines is 3. The highest BCUT2D eigenvalue weighted by Gasteiger charge is 2.17. The minimum absolute atomic E-state index is 0.165. The van der Waals surface area contributed by atoms with Gasteiger partial charge in [-0.3, -0.25) is 4.72 Å². The van der Waals surface area contributed by atoms with Crippen molar-refractivity contribution in [2.75, 3.05) is 22.5 Å². The minimum atomic E-state index is -3.75. The number of fused-ring (bicyclic) bond motifs is 1. The third-order valence-corrected chi connectivity index (χ3v) is 7.22. The third kappa shape index (κ3) is 5.24. The highest BCUT2D eigenvalue weighted by atomic mass is 32.2. The fourth-order valence-electron chi connectivity index (χ4n) is 3.14. The zero-order chi connectivity index (χ0) is 23.6. The number of aryl methyl sites for hydroxylation is 2. The predicted octanol–water partition coefficient (Wildman–Crippen LogP) is 5.37. The standard InChI is InChI=1S/C23H22N4O4S2/c1-14-4-8-17(9-5-14)33(29,30)27-23-26-18-10-7-16(13-21(18)32-23)24-22(28)25-19-12-15(2)6-11-20(19)31-3/h4-13H,1-3H3,(H,26,27)(H2,24,25,28). The quantitative estimate of drug-likeness (QED) is 0.342. The second kappa shape index (κ2) is 9.08. The van der Waals surface area contributed by atoms with Crippen molar-refractivity contribution in [3.63, 3.8) is 0 Å². The summed E-state index contributed by atoms with van der Waals surface area (Å²) in [4.78, 5) is 17.0. The Kier molecular flexibility index (Phi) is 6.21. The molecule has 0 spiro atoms. The molecular formula is C23H22N4O4S2. The number of nitrogens with zero attached hydrogens (tertiary/aromatic N) is 1. The van der Waals surface area contributed by atoms with Crippen molar-refractivity contribution in [1.82, 2.24) is 4.98 Å². The summed E-state index contributed by atoms with van der Waals surface area (Å²) in [5.41, 5.74) is 3.68. The summed E-state index contributed by atoms with van der Waals surface area (Å²) in [6, 6.07) is 16.8. The largest absolute Gasteiger partial charge is 0.495 e. The van der Waals surface area contributed by atoms with E-state index in [-0.39, 0.29) is 10.0 Å². The number of sulfonamides is 1. The lowest BCUT2D eigenvalue weighted by atomic mass is 10.2. The summed E-state index contributed by atoms with van der Waals surface area (Å²) in [5, 5.41) is 5.80. The fourth-order valence-corrected chi connectivity index (χ4v) is 5.28. The first-order valence-electron chi connectivity index (χ1n) is 9.96. The predicted molar refractivity (Wildman–Crippen MR) is 132 cm³/mol. The molecule has 10 heteroatoms. The molecule has 1 heterocycles. The van der Waals surface area contributed by atoms with E-state index in [1.54, 1.807) is 48.5 Å². The van der Waals surface area contributed by atoms with Crippen molar-refractivity contribution in [3.8, 4) is 5.75 Å². The molecule has 170 valence electrons. The average molecular weight is 483 g/mol. The molecule has 4 aromatic rings. The maximum atomic E-state index is 12.6. The van der Waals surface area contributed by atoms with Gasteiger partial charge >= 0.3 is 6.03 Å². The van der Waals surface area contributed by atoms with E-state index in [0.717, 1.165) is 15.8 Å². The second-order valence-corrected chi connectivity index (χ2v) is 10.1. The molecular weight excluding hydrogens is 460 g/mol. The Morgan fingerprint density at radius 2 is 1.67 bits per heavy atom. The van der Waals surface area contributed by atoms with Crippen molar-refractivity contribution in [1.29, 1.82) is 0 Å². The van der Waals surface area contributed by atoms with Crippen molar-refractivity contribution < 1.29 is 17.9 Å². The van der Waals surface area contributed by atoms with Crippen molar-refractivity contribution in [2.45, 2.75) is 18.7 Å². The first-order valence-corrected chi connectivity index (χ1v) is 12.3. The highest BCUT2D eigenvalue weighted by Crippen LogP contribution is 2.30. The van der Waals surface area contributed by atoms with Gasteiger partial charge in [-0.15, -0.1) is 0 Å². The molecule has 8 nitrogen and oxygen atoms in total. The first-order chi connectivity index (χ1) is 15.7. The molecule has 0 bridgehead atoms. The minimum Gasteiger partial charge on any atom is -0.495 e. The number of amides is 2. The maximum absolute atomic E-state index is 12.6. The summed E-state index contributed by atoms with van der Waals surface area (Å²) < 4.78 is 33.8. The molecule has 2 amide bonds. The Balaban J connectivity index is 1.49. The summed E-state index contributed by atoms with van der Waals surface area (Å²) in [6.45, 7) is 3.81. The number of hydrogen-bond acceptors (Lipinski definition) is 6. The lowest BCUT2D eigenvalue weighted by Gasteiger charge is -2.12. The monoisotopic (exact) mass is 482 g/mol. The van der Waals surface area contributed by atoms with Crippen LogP contribution in [0, 0.1) is 13.8 Å². The van der Waals surface area contributed by atoms with E-state index >= 15 is 0 Å². The van der Waals surface area contributed by atoms with Crippen LogP contribution in [0.5, 0.6) is 5.75 Å². The molecule has 0 aliphatic heterocycles. The van der Waals surface area contributed by atoms with E-state index in [4.69, 9.17) is 4.74 Å². The van der Waals surface area contributed by atoms with Crippen LogP contribution in [-0.2, 0) is 10.0 Å². The zero-order valence-electron chi connectivity index (χ0n) is 18.2. The molecule has 0 atom stereocenters. The molecule has 0 saturated carbocycles. The number of nitrogens with one attached hydrogen (secondary N) is 3. The van der Waals surface area contributed by atoms with Crippen LogP contribution in [0.2, 0.25) is 0 Å². The molecule has 0 aliphatic rings. The lowest BCUT2D eigenvalue weighted by molar-refractivity contribution is 0.262. The van der Waals surface area contributed by atoms with Crippen molar-refractivity contribution in [3.05, 3.63) is 71.8 Å². The normalized spacial score (nSPS) is 11.2. The van der Waals surface area contributed by atoms with E-state index in [1.165, 1.54) is 18.4 Å². The van der Waals surface area contributed by atoms with E-state index < -0.39 is 16.1 Å². The van der Waals surface area contributed by atoms with Crippen LogP contribution in [0.4, 0.5) is 21.3 Å². The number of ether oxygens (including phenoxy) is 1. The van der Waals surface area contributed by atoms with Crippen LogP contribution in [0.15, 0.2) is 65.6 Å². The molecule has 0 aliphatic carbocycles. The number of benzene rings is 3. The van der Waals surface area contributed by atoms with Crippen LogP contribution in [0.25, 0.3) is 10.2 Å². The van der Waals surface area contributed by atoms with E-state index in [9.17, 15) is 13.2 Å². The van der Waals surface area contributed by atoms with Crippen LogP contribution in [0.3, 0.4) is 0 Å². The number of carbonyl (C=O) groups is 1. The molecule has 0 saturated heterocycles. The number of methoxy groups -OCH3 is 1. The fraction of sp³-hybridized carbons (Fsp3) is 0.130. The average Bonchev–Trinajstić information content (AvgIpc) is 3.15. The van der Waals surface area contributed by atoms with Gasteiger partial charge in [0.05, 0.1) is 27.9 Å². The van der Waals surface area contributed by atoms with E-state index in [2.05, 4.69) is 20.3 Å². The molecule has 33 heavy (non-hydrogen) atoms. The maximum Gasteiger partial charge on any atom is 0.323 e. The van der Waals surface area contributed by atoms with Gasteiger partial charge < -0.3 is 15.4 Å². The Hall–Kier alpha value is -3.63. The number of urea groups is 1. The number of hydrogen-bond donors (Lipinski definition) is 3. The molecule has 0 unspecified atom stereocenters. The second-order valence-electron chi connectivity index (χ2n) is 7.40. The Morgan fingerprint density at radius 3 is 2.39 bits per heavy atom. The van der Waals surface area contributed by atoms with E-state index in [0.29, 0.717) is 22.6 Å². The third-order valence-electron chi connectivity index (χ3n) is 4.80. The topological polar surface area (TPSA) is 109 Å². The number of thiazole rings is 1. The van der Waals surface area contributed by atoms with E-state index in [1.807, 2.05) is 26.0 Å². The van der Waals surface area contributed by atoms with Crippen molar-refractivity contribution in [2.24, 2.45) is 0 Å². The molecule has 0 fully saturated rings. The molecule has 3 N–H and O–H groups in total. The van der Waals surface area contributed by atoms with Gasteiger partial charge in [-0.2, -0.15) is 0 Å². The lowest BCUT2D eigenvalue weighted by Crippen LogP contribution is -2.19. The molecule has 3 aromatic carbocycles. The van der Waals surface area contributed by atoms with Crippen molar-refractivity contribution >= 4 is 54.1 Å². The smallest absolute Gasteiger partial charge is 0.323 e. The Bertz CT molecular complexity index is 1430. The number of carbonyl (C=O) groups excluding carboxylic acids is 1. The highest BCUT2D eigenvalue weighted by molar-refractivity contribution is 7.93.